The van der Waals surface area contributed by atoms with E-state index in [1.165, 1.54) is 45.3 Å². The summed E-state index contributed by atoms with van der Waals surface area (Å²) in [5.74, 6) is 0. The average molecular weight is 464 g/mol. The second-order valence-corrected chi connectivity index (χ2v) is 11.3. The van der Waals surface area contributed by atoms with Gasteiger partial charge in [-0.25, -0.2) is 0 Å². The van der Waals surface area contributed by atoms with Gasteiger partial charge in [0, 0.05) is 37.9 Å². The minimum Gasteiger partial charge on any atom is -0.310 e. The molecule has 0 amide bonds. The van der Waals surface area contributed by atoms with Gasteiger partial charge < -0.3 is 4.90 Å². The lowest BCUT2D eigenvalue weighted by Crippen LogP contribution is -2.09. The molecule has 3 aromatic heterocycles. The van der Waals surface area contributed by atoms with Crippen molar-refractivity contribution in [3.8, 4) is 0 Å². The first-order valence-electron chi connectivity index (χ1n) is 10.5. The third-order valence-corrected chi connectivity index (χ3v) is 9.48. The van der Waals surface area contributed by atoms with Gasteiger partial charge in [-0.2, -0.15) is 0 Å². The minimum absolute atomic E-state index is 1.16. The Kier molecular flexibility index (Phi) is 4.12. The van der Waals surface area contributed by atoms with Crippen molar-refractivity contribution in [1.82, 2.24) is 0 Å². The predicted octanol–water partition coefficient (Wildman–Crippen LogP) is 9.95. The van der Waals surface area contributed by atoms with E-state index >= 15 is 0 Å². The molecule has 0 aliphatic heterocycles. The highest BCUT2D eigenvalue weighted by molar-refractivity contribution is 7.50. The number of thiophene rings is 3. The Hall–Kier alpha value is -3.18. The van der Waals surface area contributed by atoms with E-state index in [0.29, 0.717) is 0 Å². The summed E-state index contributed by atoms with van der Waals surface area (Å²) >= 11 is 5.71. The van der Waals surface area contributed by atoms with Gasteiger partial charge in [-0.1, -0.05) is 48.5 Å². The van der Waals surface area contributed by atoms with Crippen LogP contribution in [0.1, 0.15) is 0 Å². The van der Waals surface area contributed by atoms with Crippen LogP contribution in [0.3, 0.4) is 0 Å². The van der Waals surface area contributed by atoms with Crippen LogP contribution in [0.15, 0.2) is 102 Å². The zero-order valence-electron chi connectivity index (χ0n) is 17.0. The molecule has 0 N–H and O–H groups in total. The Bertz CT molecular complexity index is 1680. The topological polar surface area (TPSA) is 3.24 Å². The molecule has 32 heavy (non-hydrogen) atoms. The van der Waals surface area contributed by atoms with E-state index in [0.717, 1.165) is 11.4 Å². The first kappa shape index (κ1) is 18.4. The zero-order valence-corrected chi connectivity index (χ0v) is 19.4. The molecule has 0 unspecified atom stereocenters. The quantitative estimate of drug-likeness (QED) is 0.252. The molecule has 4 heteroatoms. The van der Waals surface area contributed by atoms with E-state index in [1.54, 1.807) is 0 Å². The standard InChI is InChI=1S/C28H17NS3/c1-3-7-19(8-4-1)29(20-9-5-2-6-10-20)21-13-11-18-12-14-24-25(23(18)17-21)26-22-15-16-30-27(22)32-28(26)31-24/h1-17H. The smallest absolute Gasteiger partial charge is 0.0899 e. The molecule has 0 atom stereocenters. The third kappa shape index (κ3) is 2.74. The Labute approximate surface area is 197 Å². The van der Waals surface area contributed by atoms with Crippen molar-refractivity contribution >= 4 is 90.7 Å². The molecule has 0 saturated carbocycles. The number of nitrogens with zero attached hydrogens (tertiary/aromatic N) is 1. The summed E-state index contributed by atoms with van der Waals surface area (Å²) in [6, 6.07) is 35.0. The van der Waals surface area contributed by atoms with Gasteiger partial charge in [-0.15, -0.1) is 34.0 Å². The maximum absolute atomic E-state index is 2.37. The molecule has 7 aromatic rings. The summed E-state index contributed by atoms with van der Waals surface area (Å²) in [6.07, 6.45) is 0. The van der Waals surface area contributed by atoms with Gasteiger partial charge in [-0.05, 0) is 64.7 Å². The second-order valence-electron chi connectivity index (χ2n) is 7.84. The van der Waals surface area contributed by atoms with Gasteiger partial charge in [0.2, 0.25) is 0 Å². The van der Waals surface area contributed by atoms with E-state index in [9.17, 15) is 0 Å². The van der Waals surface area contributed by atoms with Gasteiger partial charge in [0.1, 0.15) is 0 Å². The van der Waals surface area contributed by atoms with E-state index in [1.807, 2.05) is 34.0 Å². The monoisotopic (exact) mass is 463 g/mol. The lowest BCUT2D eigenvalue weighted by atomic mass is 10.0. The van der Waals surface area contributed by atoms with Crippen LogP contribution >= 0.6 is 34.0 Å². The van der Waals surface area contributed by atoms with Gasteiger partial charge in [0.25, 0.3) is 0 Å². The highest BCUT2D eigenvalue weighted by atomic mass is 32.2. The van der Waals surface area contributed by atoms with Crippen molar-refractivity contribution < 1.29 is 0 Å². The van der Waals surface area contributed by atoms with Gasteiger partial charge in [0.05, 0.1) is 8.03 Å². The maximum Gasteiger partial charge on any atom is 0.0899 e. The number of benzene rings is 4. The zero-order chi connectivity index (χ0) is 21.1. The molecule has 0 bridgehead atoms. The number of hydrogen-bond acceptors (Lipinski definition) is 4. The number of anilines is 3. The van der Waals surface area contributed by atoms with Crippen LogP contribution in [0.5, 0.6) is 0 Å². The van der Waals surface area contributed by atoms with Crippen LogP contribution in [0.25, 0.3) is 39.7 Å². The Morgan fingerprint density at radius 3 is 2.00 bits per heavy atom. The van der Waals surface area contributed by atoms with Crippen molar-refractivity contribution in [2.45, 2.75) is 0 Å². The van der Waals surface area contributed by atoms with Crippen molar-refractivity contribution in [3.63, 3.8) is 0 Å². The predicted molar refractivity (Wildman–Crippen MR) is 145 cm³/mol. The maximum atomic E-state index is 2.37. The molecule has 0 aliphatic rings. The summed E-state index contributed by atoms with van der Waals surface area (Å²) in [5, 5.41) is 9.07. The molecule has 0 radical (unpaired) electrons. The van der Waals surface area contributed by atoms with Crippen molar-refractivity contribution in [3.05, 3.63) is 102 Å². The molecule has 4 aromatic carbocycles. The molecule has 0 aliphatic carbocycles. The number of fused-ring (bicyclic) bond motifs is 7. The number of rotatable bonds is 3. The fourth-order valence-electron chi connectivity index (χ4n) is 4.58. The van der Waals surface area contributed by atoms with Gasteiger partial charge in [-0.3, -0.25) is 0 Å². The molecule has 3 heterocycles. The number of para-hydroxylation sites is 2. The summed E-state index contributed by atoms with van der Waals surface area (Å²) in [6.45, 7) is 0. The summed E-state index contributed by atoms with van der Waals surface area (Å²) < 4.78 is 4.23. The van der Waals surface area contributed by atoms with Crippen LogP contribution in [0.2, 0.25) is 0 Å². The van der Waals surface area contributed by atoms with Crippen LogP contribution in [-0.2, 0) is 0 Å². The molecule has 0 fully saturated rings. The van der Waals surface area contributed by atoms with E-state index in [2.05, 4.69) is 107 Å². The molecule has 0 spiro atoms. The van der Waals surface area contributed by atoms with Crippen molar-refractivity contribution in [1.29, 1.82) is 0 Å². The van der Waals surface area contributed by atoms with Crippen LogP contribution in [-0.4, -0.2) is 0 Å². The van der Waals surface area contributed by atoms with Gasteiger partial charge in [0.15, 0.2) is 0 Å². The molecule has 1 nitrogen and oxygen atoms in total. The fraction of sp³-hybridized carbons (Fsp3) is 0. The molecule has 152 valence electrons. The summed E-state index contributed by atoms with van der Waals surface area (Å²) in [4.78, 5) is 2.34. The lowest BCUT2D eigenvalue weighted by molar-refractivity contribution is 1.29. The number of hydrogen-bond donors (Lipinski definition) is 0. The average Bonchev–Trinajstić information content (AvgIpc) is 3.52. The SMILES string of the molecule is c1ccc(N(c2ccccc2)c2ccc3ccc4sc5sc6sccc6c5c4c3c2)cc1. The van der Waals surface area contributed by atoms with Crippen LogP contribution < -0.4 is 4.90 Å². The summed E-state index contributed by atoms with van der Waals surface area (Å²) in [7, 11) is 0. The largest absolute Gasteiger partial charge is 0.310 e. The third-order valence-electron chi connectivity index (χ3n) is 6.00. The molecule has 7 rings (SSSR count). The van der Waals surface area contributed by atoms with E-state index < -0.39 is 0 Å². The second kappa shape index (κ2) is 7.17. The normalized spacial score (nSPS) is 11.8. The minimum atomic E-state index is 1.16. The van der Waals surface area contributed by atoms with Crippen molar-refractivity contribution in [2.75, 3.05) is 4.90 Å². The fourth-order valence-corrected chi connectivity index (χ4v) is 8.39. The Morgan fingerprint density at radius 2 is 1.25 bits per heavy atom. The molecule has 0 saturated heterocycles. The van der Waals surface area contributed by atoms with Crippen molar-refractivity contribution in [2.24, 2.45) is 0 Å². The first-order chi connectivity index (χ1) is 15.9. The Morgan fingerprint density at radius 1 is 0.531 bits per heavy atom. The highest BCUT2D eigenvalue weighted by Crippen LogP contribution is 2.48. The molecular formula is C28H17NS3. The molecular weight excluding hydrogens is 447 g/mol. The van der Waals surface area contributed by atoms with Crippen LogP contribution in [0.4, 0.5) is 17.1 Å². The van der Waals surface area contributed by atoms with E-state index in [-0.39, 0.29) is 0 Å². The van der Waals surface area contributed by atoms with Gasteiger partial charge >= 0.3 is 0 Å². The van der Waals surface area contributed by atoms with E-state index in [4.69, 9.17) is 0 Å². The summed E-state index contributed by atoms with van der Waals surface area (Å²) in [5.41, 5.74) is 3.51. The first-order valence-corrected chi connectivity index (χ1v) is 13.0. The lowest BCUT2D eigenvalue weighted by Gasteiger charge is -2.25. The Balaban J connectivity index is 1.55. The van der Waals surface area contributed by atoms with Crippen LogP contribution in [0, 0.1) is 0 Å². The highest BCUT2D eigenvalue weighted by Gasteiger charge is 2.17.